The van der Waals surface area contributed by atoms with Crippen LogP contribution in [0.2, 0.25) is 0 Å². The number of hydrogen-bond donors (Lipinski definition) is 1. The average Bonchev–Trinajstić information content (AvgIpc) is 2.40. The summed E-state index contributed by atoms with van der Waals surface area (Å²) in [6.07, 6.45) is -1.02. The summed E-state index contributed by atoms with van der Waals surface area (Å²) < 4.78 is 19.8. The van der Waals surface area contributed by atoms with Crippen LogP contribution in [0.3, 0.4) is 0 Å². The van der Waals surface area contributed by atoms with Crippen molar-refractivity contribution in [2.45, 2.75) is 13.0 Å². The summed E-state index contributed by atoms with van der Waals surface area (Å²) in [5.41, 5.74) is 1.86. The van der Waals surface area contributed by atoms with Gasteiger partial charge in [0.25, 0.3) is 0 Å². The van der Waals surface area contributed by atoms with Crippen molar-refractivity contribution < 1.29 is 14.2 Å². The maximum atomic E-state index is 14.2. The molecule has 0 aliphatic rings. The molecule has 0 amide bonds. The van der Waals surface area contributed by atoms with Crippen LogP contribution in [0.4, 0.5) is 4.39 Å². The molecule has 0 fully saturated rings. The second-order valence-corrected chi connectivity index (χ2v) is 5.24. The molecule has 1 atom stereocenters. The zero-order chi connectivity index (χ0) is 14.0. The van der Waals surface area contributed by atoms with Crippen molar-refractivity contribution in [2.75, 3.05) is 7.11 Å². The molecule has 0 bridgehead atoms. The number of methoxy groups -OCH3 is 1. The van der Waals surface area contributed by atoms with Crippen molar-refractivity contribution in [2.24, 2.45) is 0 Å². The summed E-state index contributed by atoms with van der Waals surface area (Å²) in [5, 5.41) is 10.3. The standard InChI is InChI=1S/C15H14BrFO2/c1-9-4-3-5-10(6-9)15(18)12-7-11(16)8-13(19-2)14(12)17/h3-8,15,18H,1-2H3. The first-order valence-corrected chi connectivity index (χ1v) is 6.59. The Morgan fingerprint density at radius 3 is 2.63 bits per heavy atom. The van der Waals surface area contributed by atoms with Gasteiger partial charge in [0.2, 0.25) is 0 Å². The van der Waals surface area contributed by atoms with Crippen LogP contribution in [-0.2, 0) is 0 Å². The molecule has 2 nitrogen and oxygen atoms in total. The van der Waals surface area contributed by atoms with Gasteiger partial charge in [-0.25, -0.2) is 4.39 Å². The fraction of sp³-hybridized carbons (Fsp3) is 0.200. The number of hydrogen-bond acceptors (Lipinski definition) is 2. The largest absolute Gasteiger partial charge is 0.494 e. The maximum Gasteiger partial charge on any atom is 0.171 e. The summed E-state index contributed by atoms with van der Waals surface area (Å²) >= 11 is 3.29. The molecular formula is C15H14BrFO2. The molecule has 4 heteroatoms. The van der Waals surface area contributed by atoms with E-state index in [1.807, 2.05) is 25.1 Å². The molecular weight excluding hydrogens is 311 g/mol. The average molecular weight is 325 g/mol. The van der Waals surface area contributed by atoms with Gasteiger partial charge in [-0.3, -0.25) is 0 Å². The normalized spacial score (nSPS) is 12.3. The maximum absolute atomic E-state index is 14.2. The highest BCUT2D eigenvalue weighted by molar-refractivity contribution is 9.10. The number of benzene rings is 2. The Labute approximate surface area is 120 Å². The molecule has 0 saturated carbocycles. The molecule has 0 spiro atoms. The summed E-state index contributed by atoms with van der Waals surface area (Å²) in [7, 11) is 1.40. The number of aliphatic hydroxyl groups excluding tert-OH is 1. The quantitative estimate of drug-likeness (QED) is 0.925. The van der Waals surface area contributed by atoms with Gasteiger partial charge < -0.3 is 9.84 Å². The van der Waals surface area contributed by atoms with Crippen LogP contribution in [0.1, 0.15) is 22.8 Å². The Morgan fingerprint density at radius 2 is 2.00 bits per heavy atom. The Morgan fingerprint density at radius 1 is 1.26 bits per heavy atom. The van der Waals surface area contributed by atoms with E-state index in [1.165, 1.54) is 13.2 Å². The number of aryl methyl sites for hydroxylation is 1. The Balaban J connectivity index is 2.49. The van der Waals surface area contributed by atoms with Gasteiger partial charge in [0.1, 0.15) is 6.10 Å². The van der Waals surface area contributed by atoms with Crippen LogP contribution >= 0.6 is 15.9 Å². The van der Waals surface area contributed by atoms with E-state index in [9.17, 15) is 9.50 Å². The van der Waals surface area contributed by atoms with Gasteiger partial charge in [0.05, 0.1) is 7.11 Å². The summed E-state index contributed by atoms with van der Waals surface area (Å²) in [5.74, 6) is -0.434. The summed E-state index contributed by atoms with van der Waals surface area (Å²) in [6, 6.07) is 10.4. The van der Waals surface area contributed by atoms with Crippen molar-refractivity contribution >= 4 is 15.9 Å². The van der Waals surface area contributed by atoms with E-state index >= 15 is 0 Å². The number of halogens is 2. The molecule has 0 aromatic heterocycles. The first-order valence-electron chi connectivity index (χ1n) is 5.80. The fourth-order valence-electron chi connectivity index (χ4n) is 1.95. The van der Waals surface area contributed by atoms with Gasteiger partial charge in [0.15, 0.2) is 11.6 Å². The van der Waals surface area contributed by atoms with E-state index in [0.29, 0.717) is 10.0 Å². The first kappa shape index (κ1) is 14.0. The SMILES string of the molecule is COc1cc(Br)cc(C(O)c2cccc(C)c2)c1F. The van der Waals surface area contributed by atoms with Crippen LogP contribution in [0.15, 0.2) is 40.9 Å². The molecule has 100 valence electrons. The Kier molecular flexibility index (Phi) is 4.22. The second kappa shape index (κ2) is 5.72. The minimum Gasteiger partial charge on any atom is -0.494 e. The smallest absolute Gasteiger partial charge is 0.171 e. The van der Waals surface area contributed by atoms with Crippen molar-refractivity contribution in [3.63, 3.8) is 0 Å². The van der Waals surface area contributed by atoms with Gasteiger partial charge in [-0.15, -0.1) is 0 Å². The molecule has 0 heterocycles. The molecule has 1 N–H and O–H groups in total. The monoisotopic (exact) mass is 324 g/mol. The third-order valence-corrected chi connectivity index (χ3v) is 3.36. The van der Waals surface area contributed by atoms with Crippen molar-refractivity contribution in [3.8, 4) is 5.75 Å². The topological polar surface area (TPSA) is 29.5 Å². The molecule has 0 aliphatic heterocycles. The number of rotatable bonds is 3. The van der Waals surface area contributed by atoms with E-state index in [2.05, 4.69) is 15.9 Å². The van der Waals surface area contributed by atoms with Crippen LogP contribution in [0, 0.1) is 12.7 Å². The number of aliphatic hydroxyl groups is 1. The molecule has 2 aromatic rings. The second-order valence-electron chi connectivity index (χ2n) is 4.33. The van der Waals surface area contributed by atoms with E-state index in [-0.39, 0.29) is 11.3 Å². The third-order valence-electron chi connectivity index (χ3n) is 2.90. The lowest BCUT2D eigenvalue weighted by atomic mass is 9.99. The van der Waals surface area contributed by atoms with Gasteiger partial charge in [-0.2, -0.15) is 0 Å². The van der Waals surface area contributed by atoms with Crippen LogP contribution < -0.4 is 4.74 Å². The Bertz CT molecular complexity index is 599. The first-order chi connectivity index (χ1) is 9.02. The predicted octanol–water partition coefficient (Wildman–Crippen LogP) is 3.99. The van der Waals surface area contributed by atoms with Crippen molar-refractivity contribution in [3.05, 3.63) is 63.4 Å². The zero-order valence-corrected chi connectivity index (χ0v) is 12.2. The molecule has 19 heavy (non-hydrogen) atoms. The number of ether oxygens (including phenoxy) is 1. The fourth-order valence-corrected chi connectivity index (χ4v) is 2.41. The van der Waals surface area contributed by atoms with Gasteiger partial charge in [-0.05, 0) is 24.6 Å². The summed E-state index contributed by atoms with van der Waals surface area (Å²) in [4.78, 5) is 0. The molecule has 0 radical (unpaired) electrons. The van der Waals surface area contributed by atoms with E-state index < -0.39 is 11.9 Å². The molecule has 2 rings (SSSR count). The molecule has 0 saturated heterocycles. The zero-order valence-electron chi connectivity index (χ0n) is 10.7. The third kappa shape index (κ3) is 2.96. The van der Waals surface area contributed by atoms with Crippen molar-refractivity contribution in [1.29, 1.82) is 0 Å². The highest BCUT2D eigenvalue weighted by atomic mass is 79.9. The molecule has 2 aromatic carbocycles. The van der Waals surface area contributed by atoms with E-state index in [4.69, 9.17) is 4.74 Å². The highest BCUT2D eigenvalue weighted by Gasteiger charge is 2.19. The highest BCUT2D eigenvalue weighted by Crippen LogP contribution is 2.32. The lowest BCUT2D eigenvalue weighted by Crippen LogP contribution is -2.04. The molecule has 0 aliphatic carbocycles. The molecule has 1 unspecified atom stereocenters. The Hall–Kier alpha value is -1.39. The predicted molar refractivity (Wildman–Crippen MR) is 75.9 cm³/mol. The van der Waals surface area contributed by atoms with Crippen LogP contribution in [-0.4, -0.2) is 12.2 Å². The van der Waals surface area contributed by atoms with Gasteiger partial charge in [-0.1, -0.05) is 45.8 Å². The minimum absolute atomic E-state index is 0.107. The van der Waals surface area contributed by atoms with E-state index in [1.54, 1.807) is 12.1 Å². The van der Waals surface area contributed by atoms with Crippen LogP contribution in [0.5, 0.6) is 5.75 Å². The lowest BCUT2D eigenvalue weighted by Gasteiger charge is -2.15. The van der Waals surface area contributed by atoms with Gasteiger partial charge >= 0.3 is 0 Å². The van der Waals surface area contributed by atoms with E-state index in [0.717, 1.165) is 5.56 Å². The summed E-state index contributed by atoms with van der Waals surface area (Å²) in [6.45, 7) is 1.92. The van der Waals surface area contributed by atoms with Crippen molar-refractivity contribution in [1.82, 2.24) is 0 Å². The van der Waals surface area contributed by atoms with Gasteiger partial charge in [0, 0.05) is 10.0 Å². The minimum atomic E-state index is -1.02. The van der Waals surface area contributed by atoms with Crippen LogP contribution in [0.25, 0.3) is 0 Å². The lowest BCUT2D eigenvalue weighted by molar-refractivity contribution is 0.213.